The van der Waals surface area contributed by atoms with Crippen molar-refractivity contribution in [1.82, 2.24) is 0 Å². The van der Waals surface area contributed by atoms with E-state index >= 15 is 0 Å². The second kappa shape index (κ2) is 7.41. The van der Waals surface area contributed by atoms with Crippen molar-refractivity contribution in [2.45, 2.75) is 29.3 Å². The number of alkyl halides is 2. The van der Waals surface area contributed by atoms with Gasteiger partial charge >= 0.3 is 5.97 Å². The van der Waals surface area contributed by atoms with Gasteiger partial charge < -0.3 is 5.11 Å². The van der Waals surface area contributed by atoms with Crippen LogP contribution in [0, 0.1) is 6.92 Å². The molecule has 0 fully saturated rings. The van der Waals surface area contributed by atoms with Crippen LogP contribution < -0.4 is 0 Å². The van der Waals surface area contributed by atoms with Crippen molar-refractivity contribution >= 4 is 45.3 Å². The second-order valence-electron chi connectivity index (χ2n) is 4.15. The summed E-state index contributed by atoms with van der Waals surface area (Å²) in [6, 6.07) is 8.44. The molecule has 0 saturated carbocycles. The number of rotatable bonds is 7. The highest BCUT2D eigenvalue weighted by molar-refractivity contribution is 9.10. The lowest BCUT2D eigenvalue weighted by molar-refractivity contribution is -0.137. The fraction of sp³-hybridized carbons (Fsp3) is 0.462. The van der Waals surface area contributed by atoms with E-state index in [1.165, 1.54) is 11.1 Å². The molecule has 1 atom stereocenters. The molecule has 1 rings (SSSR count). The predicted molar refractivity (Wildman–Crippen MR) is 81.7 cm³/mol. The van der Waals surface area contributed by atoms with Crippen molar-refractivity contribution in [3.05, 3.63) is 35.4 Å². The molecule has 0 saturated heterocycles. The van der Waals surface area contributed by atoms with Crippen molar-refractivity contribution in [1.29, 1.82) is 0 Å². The molecule has 5 heteroatoms. The molecule has 100 valence electrons. The molecule has 2 nitrogen and oxygen atoms in total. The molecular formula is C13H16BrClO2S. The van der Waals surface area contributed by atoms with Gasteiger partial charge in [-0.2, -0.15) is 11.8 Å². The van der Waals surface area contributed by atoms with E-state index < -0.39 is 9.75 Å². The third-order valence-corrected chi connectivity index (χ3v) is 4.68. The Hall–Kier alpha value is -0.190. The Kier molecular flexibility index (Phi) is 6.53. The van der Waals surface area contributed by atoms with E-state index in [1.807, 2.05) is 0 Å². The summed E-state index contributed by atoms with van der Waals surface area (Å²) in [4.78, 5) is 10.8. The van der Waals surface area contributed by atoms with Crippen molar-refractivity contribution in [2.75, 3.05) is 5.75 Å². The zero-order chi connectivity index (χ0) is 13.6. The number of carbonyl (C=O) groups is 1. The van der Waals surface area contributed by atoms with Crippen LogP contribution in [0.3, 0.4) is 0 Å². The maximum absolute atomic E-state index is 10.8. The van der Waals surface area contributed by atoms with Gasteiger partial charge in [0.15, 0.2) is 3.78 Å². The molecule has 0 aromatic heterocycles. The molecule has 0 spiro atoms. The average Bonchev–Trinajstić information content (AvgIpc) is 2.31. The number of carboxylic acid groups (broad SMARTS) is 1. The summed E-state index contributed by atoms with van der Waals surface area (Å²) >= 11 is 10.6. The first-order valence-electron chi connectivity index (χ1n) is 5.66. The Morgan fingerprint density at radius 3 is 2.61 bits per heavy atom. The van der Waals surface area contributed by atoms with Crippen LogP contribution in [0.4, 0.5) is 0 Å². The van der Waals surface area contributed by atoms with Crippen molar-refractivity contribution in [2.24, 2.45) is 0 Å². The fourth-order valence-electron chi connectivity index (χ4n) is 1.38. The largest absolute Gasteiger partial charge is 0.479 e. The lowest BCUT2D eigenvalue weighted by atomic mass is 10.2. The summed E-state index contributed by atoms with van der Waals surface area (Å²) in [5, 5.41) is 8.82. The van der Waals surface area contributed by atoms with E-state index in [9.17, 15) is 4.79 Å². The molecule has 18 heavy (non-hydrogen) atoms. The van der Waals surface area contributed by atoms with E-state index in [4.69, 9.17) is 16.7 Å². The second-order valence-corrected chi connectivity index (χ2v) is 7.71. The molecule has 0 radical (unpaired) electrons. The zero-order valence-electron chi connectivity index (χ0n) is 10.2. The Morgan fingerprint density at radius 2 is 2.06 bits per heavy atom. The molecule has 0 heterocycles. The van der Waals surface area contributed by atoms with Gasteiger partial charge in [-0.3, -0.25) is 0 Å². The minimum Gasteiger partial charge on any atom is -0.479 e. The molecule has 0 aliphatic heterocycles. The van der Waals surface area contributed by atoms with Crippen LogP contribution >= 0.6 is 39.3 Å². The normalized spacial score (nSPS) is 14.2. The minimum atomic E-state index is -1.31. The van der Waals surface area contributed by atoms with E-state index in [2.05, 4.69) is 47.1 Å². The monoisotopic (exact) mass is 350 g/mol. The maximum atomic E-state index is 10.8. The molecule has 1 N–H and O–H groups in total. The van der Waals surface area contributed by atoms with E-state index in [1.54, 1.807) is 11.8 Å². The number of benzene rings is 1. The van der Waals surface area contributed by atoms with Gasteiger partial charge in [-0.05, 0) is 31.1 Å². The number of halogens is 2. The summed E-state index contributed by atoms with van der Waals surface area (Å²) in [5.74, 6) is 0.833. The standard InChI is InChI=1S/C13H16BrClO2S/c1-10-3-5-11(6-4-10)9-18-8-2-7-13(14,15)12(16)17/h3-6H,2,7-9H2,1H3,(H,16,17). The highest BCUT2D eigenvalue weighted by Gasteiger charge is 2.31. The smallest absolute Gasteiger partial charge is 0.335 e. The van der Waals surface area contributed by atoms with Crippen LogP contribution in [-0.4, -0.2) is 20.6 Å². The van der Waals surface area contributed by atoms with Gasteiger partial charge in [0.25, 0.3) is 0 Å². The number of carboxylic acids is 1. The lowest BCUT2D eigenvalue weighted by Crippen LogP contribution is -2.24. The molecule has 1 unspecified atom stereocenters. The SMILES string of the molecule is Cc1ccc(CSCCCC(Cl)(Br)C(=O)O)cc1. The minimum absolute atomic E-state index is 0.421. The molecule has 0 aliphatic carbocycles. The molecule has 0 aliphatic rings. The van der Waals surface area contributed by atoms with E-state index in [0.29, 0.717) is 6.42 Å². The molecule has 0 amide bonds. The van der Waals surface area contributed by atoms with Crippen LogP contribution in [-0.2, 0) is 10.5 Å². The highest BCUT2D eigenvalue weighted by atomic mass is 79.9. The van der Waals surface area contributed by atoms with E-state index in [0.717, 1.165) is 17.9 Å². The molecular weight excluding hydrogens is 336 g/mol. The van der Waals surface area contributed by atoms with Crippen LogP contribution in [0.5, 0.6) is 0 Å². The quantitative estimate of drug-likeness (QED) is 0.583. The topological polar surface area (TPSA) is 37.3 Å². The van der Waals surface area contributed by atoms with Crippen LogP contribution in [0.25, 0.3) is 0 Å². The van der Waals surface area contributed by atoms with Gasteiger partial charge in [-0.1, -0.05) is 57.4 Å². The summed E-state index contributed by atoms with van der Waals surface area (Å²) in [5.41, 5.74) is 2.55. The van der Waals surface area contributed by atoms with Crippen LogP contribution in [0.15, 0.2) is 24.3 Å². The summed E-state index contributed by atoms with van der Waals surface area (Å²) in [6.45, 7) is 2.07. The van der Waals surface area contributed by atoms with Gasteiger partial charge in [-0.25, -0.2) is 4.79 Å². The average molecular weight is 352 g/mol. The van der Waals surface area contributed by atoms with Gasteiger partial charge in [0, 0.05) is 5.75 Å². The Bertz CT molecular complexity index is 392. The first kappa shape index (κ1) is 15.9. The van der Waals surface area contributed by atoms with Gasteiger partial charge in [0.05, 0.1) is 0 Å². The molecule has 1 aromatic carbocycles. The predicted octanol–water partition coefficient (Wildman–Crippen LogP) is 4.42. The van der Waals surface area contributed by atoms with Gasteiger partial charge in [0.2, 0.25) is 0 Å². The number of aryl methyl sites for hydroxylation is 1. The zero-order valence-corrected chi connectivity index (χ0v) is 13.3. The van der Waals surface area contributed by atoms with Gasteiger partial charge in [-0.15, -0.1) is 0 Å². The van der Waals surface area contributed by atoms with E-state index in [-0.39, 0.29) is 0 Å². The van der Waals surface area contributed by atoms with Crippen LogP contribution in [0.2, 0.25) is 0 Å². The lowest BCUT2D eigenvalue weighted by Gasteiger charge is -2.13. The Balaban J connectivity index is 2.20. The van der Waals surface area contributed by atoms with Crippen molar-refractivity contribution < 1.29 is 9.90 Å². The van der Waals surface area contributed by atoms with Gasteiger partial charge in [0.1, 0.15) is 0 Å². The summed E-state index contributed by atoms with van der Waals surface area (Å²) in [7, 11) is 0. The third kappa shape index (κ3) is 5.63. The first-order chi connectivity index (χ1) is 8.42. The Morgan fingerprint density at radius 1 is 1.44 bits per heavy atom. The number of hydrogen-bond donors (Lipinski definition) is 1. The highest BCUT2D eigenvalue weighted by Crippen LogP contribution is 2.30. The fourth-order valence-corrected chi connectivity index (χ4v) is 2.71. The van der Waals surface area contributed by atoms with Crippen molar-refractivity contribution in [3.8, 4) is 0 Å². The number of thioether (sulfide) groups is 1. The molecule has 0 bridgehead atoms. The summed E-state index contributed by atoms with van der Waals surface area (Å²) < 4.78 is -1.31. The first-order valence-corrected chi connectivity index (χ1v) is 7.99. The third-order valence-electron chi connectivity index (χ3n) is 2.48. The summed E-state index contributed by atoms with van der Waals surface area (Å²) in [6.07, 6.45) is 1.20. The Labute approximate surface area is 125 Å². The molecule has 1 aromatic rings. The number of aliphatic carboxylic acids is 1. The maximum Gasteiger partial charge on any atom is 0.335 e. The van der Waals surface area contributed by atoms with Crippen LogP contribution in [0.1, 0.15) is 24.0 Å². The number of hydrogen-bond acceptors (Lipinski definition) is 2. The van der Waals surface area contributed by atoms with Crippen molar-refractivity contribution in [3.63, 3.8) is 0 Å².